The molecule has 0 saturated carbocycles. The third-order valence-corrected chi connectivity index (χ3v) is 3.56. The molecule has 0 fully saturated rings. The van der Waals surface area contributed by atoms with Gasteiger partial charge in [-0.2, -0.15) is 0 Å². The van der Waals surface area contributed by atoms with E-state index in [1.165, 1.54) is 24.3 Å². The van der Waals surface area contributed by atoms with E-state index in [9.17, 15) is 9.18 Å². The molecule has 3 rings (SSSR count). The Labute approximate surface area is 142 Å². The highest BCUT2D eigenvalue weighted by atomic mass is 35.5. The molecule has 1 heterocycles. The summed E-state index contributed by atoms with van der Waals surface area (Å²) in [6, 6.07) is 12.6. The first-order chi connectivity index (χ1) is 11.6. The van der Waals surface area contributed by atoms with Crippen LogP contribution >= 0.6 is 11.6 Å². The minimum absolute atomic E-state index is 0.0787. The molecule has 1 N–H and O–H groups in total. The van der Waals surface area contributed by atoms with Gasteiger partial charge in [0.1, 0.15) is 11.6 Å². The average molecular weight is 347 g/mol. The predicted octanol–water partition coefficient (Wildman–Crippen LogP) is 4.40. The smallest absolute Gasteiger partial charge is 0.277 e. The molecule has 24 heavy (non-hydrogen) atoms. The molecule has 0 aliphatic heterocycles. The first kappa shape index (κ1) is 16.0. The van der Waals surface area contributed by atoms with Gasteiger partial charge in [-0.1, -0.05) is 28.9 Å². The fourth-order valence-corrected chi connectivity index (χ4v) is 2.24. The van der Waals surface area contributed by atoms with E-state index in [4.69, 9.17) is 20.9 Å². The lowest BCUT2D eigenvalue weighted by Crippen LogP contribution is -2.12. The van der Waals surface area contributed by atoms with Crippen molar-refractivity contribution < 1.29 is 18.4 Å². The van der Waals surface area contributed by atoms with Crippen LogP contribution in [0.15, 0.2) is 53.1 Å². The Balaban J connectivity index is 1.79. The maximum absolute atomic E-state index is 13.1. The Hall–Kier alpha value is -2.86. The summed E-state index contributed by atoms with van der Waals surface area (Å²) in [4.78, 5) is 12.2. The largest absolute Gasteiger partial charge is 0.497 e. The highest BCUT2D eigenvalue weighted by Crippen LogP contribution is 2.25. The summed E-state index contributed by atoms with van der Waals surface area (Å²) in [5.74, 6) is 0.0408. The lowest BCUT2D eigenvalue weighted by atomic mass is 10.1. The molecule has 0 atom stereocenters. The van der Waals surface area contributed by atoms with Crippen molar-refractivity contribution in [1.82, 2.24) is 5.16 Å². The zero-order chi connectivity index (χ0) is 17.1. The number of ether oxygens (including phenoxy) is 1. The van der Waals surface area contributed by atoms with Crippen molar-refractivity contribution in [3.63, 3.8) is 0 Å². The van der Waals surface area contributed by atoms with Gasteiger partial charge in [-0.25, -0.2) is 4.39 Å². The van der Waals surface area contributed by atoms with Crippen LogP contribution in [0.5, 0.6) is 5.75 Å². The number of nitrogens with zero attached hydrogens (tertiary/aromatic N) is 1. The highest BCUT2D eigenvalue weighted by molar-refractivity contribution is 6.31. The van der Waals surface area contributed by atoms with E-state index >= 15 is 0 Å². The highest BCUT2D eigenvalue weighted by Gasteiger charge is 2.15. The van der Waals surface area contributed by atoms with Gasteiger partial charge in [-0.05, 0) is 30.3 Å². The van der Waals surface area contributed by atoms with Crippen LogP contribution < -0.4 is 10.1 Å². The van der Waals surface area contributed by atoms with Gasteiger partial charge in [-0.3, -0.25) is 4.79 Å². The minimum atomic E-state index is -0.559. The molecule has 122 valence electrons. The topological polar surface area (TPSA) is 64.4 Å². The maximum atomic E-state index is 13.1. The fraction of sp³-hybridized carbons (Fsp3) is 0.0588. The summed E-state index contributed by atoms with van der Waals surface area (Å²) in [7, 11) is 1.56. The van der Waals surface area contributed by atoms with Crippen LogP contribution in [0.25, 0.3) is 11.3 Å². The second kappa shape index (κ2) is 6.72. The van der Waals surface area contributed by atoms with Gasteiger partial charge in [-0.15, -0.1) is 0 Å². The summed E-state index contributed by atoms with van der Waals surface area (Å²) in [5.41, 5.74) is 1.18. The number of hydrogen-bond acceptors (Lipinski definition) is 4. The molecule has 0 bridgehead atoms. The third-order valence-electron chi connectivity index (χ3n) is 3.27. The molecule has 0 saturated heterocycles. The Kier molecular flexibility index (Phi) is 4.48. The van der Waals surface area contributed by atoms with Crippen molar-refractivity contribution in [3.05, 3.63) is 65.1 Å². The molecule has 3 aromatic rings. The van der Waals surface area contributed by atoms with E-state index in [1.807, 2.05) is 6.07 Å². The quantitative estimate of drug-likeness (QED) is 0.760. The number of halogens is 2. The number of carbonyl (C=O) groups is 1. The Morgan fingerprint density at radius 1 is 1.25 bits per heavy atom. The molecule has 0 aliphatic carbocycles. The second-order valence-electron chi connectivity index (χ2n) is 4.89. The molecular formula is C17H12ClFN2O3. The van der Waals surface area contributed by atoms with E-state index in [-0.39, 0.29) is 10.7 Å². The van der Waals surface area contributed by atoms with Gasteiger partial charge < -0.3 is 14.6 Å². The number of carbonyl (C=O) groups excluding carboxylic acids is 1. The predicted molar refractivity (Wildman–Crippen MR) is 87.9 cm³/mol. The fourth-order valence-electron chi connectivity index (χ4n) is 2.06. The molecule has 1 amide bonds. The normalized spacial score (nSPS) is 10.5. The van der Waals surface area contributed by atoms with Crippen LogP contribution in [0.2, 0.25) is 5.02 Å². The molecule has 0 spiro atoms. The van der Waals surface area contributed by atoms with Gasteiger partial charge in [0.25, 0.3) is 5.91 Å². The van der Waals surface area contributed by atoms with Crippen molar-refractivity contribution in [2.75, 3.05) is 12.4 Å². The summed E-state index contributed by atoms with van der Waals surface area (Å²) < 4.78 is 23.5. The lowest BCUT2D eigenvalue weighted by Gasteiger charge is -2.03. The zero-order valence-corrected chi connectivity index (χ0v) is 13.3. The van der Waals surface area contributed by atoms with Crippen LogP contribution in [0.3, 0.4) is 0 Å². The van der Waals surface area contributed by atoms with E-state index in [0.717, 1.165) is 5.56 Å². The van der Waals surface area contributed by atoms with Gasteiger partial charge in [0.15, 0.2) is 11.5 Å². The molecule has 1 aromatic heterocycles. The number of rotatable bonds is 4. The molecular weight excluding hydrogens is 335 g/mol. The van der Waals surface area contributed by atoms with E-state index in [0.29, 0.717) is 17.2 Å². The molecule has 5 nitrogen and oxygen atoms in total. The summed E-state index contributed by atoms with van der Waals surface area (Å²) in [6.45, 7) is 0. The van der Waals surface area contributed by atoms with Gasteiger partial charge >= 0.3 is 0 Å². The molecule has 0 aliphatic rings. The van der Waals surface area contributed by atoms with Crippen molar-refractivity contribution >= 4 is 23.2 Å². The van der Waals surface area contributed by atoms with Gasteiger partial charge in [0, 0.05) is 17.3 Å². The average Bonchev–Trinajstić information content (AvgIpc) is 3.08. The van der Waals surface area contributed by atoms with Crippen molar-refractivity contribution in [1.29, 1.82) is 0 Å². The first-order valence-corrected chi connectivity index (χ1v) is 7.32. The lowest BCUT2D eigenvalue weighted by molar-refractivity contribution is 0.101. The van der Waals surface area contributed by atoms with Crippen LogP contribution in [-0.2, 0) is 0 Å². The minimum Gasteiger partial charge on any atom is -0.497 e. The van der Waals surface area contributed by atoms with Crippen LogP contribution in [-0.4, -0.2) is 18.2 Å². The maximum Gasteiger partial charge on any atom is 0.277 e. The van der Waals surface area contributed by atoms with Gasteiger partial charge in [0.05, 0.1) is 12.1 Å². The molecule has 0 unspecified atom stereocenters. The van der Waals surface area contributed by atoms with Crippen molar-refractivity contribution in [2.24, 2.45) is 0 Å². The SMILES string of the molecule is COc1cccc(-c2cc(C(=O)Nc3ccc(F)c(Cl)c3)no2)c1. The van der Waals surface area contributed by atoms with E-state index in [1.54, 1.807) is 25.3 Å². The van der Waals surface area contributed by atoms with E-state index in [2.05, 4.69) is 10.5 Å². The van der Waals surface area contributed by atoms with Crippen molar-refractivity contribution in [2.45, 2.75) is 0 Å². The van der Waals surface area contributed by atoms with Crippen molar-refractivity contribution in [3.8, 4) is 17.1 Å². The van der Waals surface area contributed by atoms with Crippen LogP contribution in [0, 0.1) is 5.82 Å². The molecule has 7 heteroatoms. The second-order valence-corrected chi connectivity index (χ2v) is 5.30. The number of nitrogens with one attached hydrogen (secondary N) is 1. The standard InChI is InChI=1S/C17H12ClFN2O3/c1-23-12-4-2-3-10(7-12)16-9-15(21-24-16)17(22)20-11-5-6-14(19)13(18)8-11/h2-9H,1H3,(H,20,22). The Bertz CT molecular complexity index is 895. The third kappa shape index (κ3) is 3.38. The van der Waals surface area contributed by atoms with E-state index < -0.39 is 11.7 Å². The summed E-state index contributed by atoms with van der Waals surface area (Å²) in [5, 5.41) is 6.25. The number of amides is 1. The number of aromatic nitrogens is 1. The number of anilines is 1. The first-order valence-electron chi connectivity index (χ1n) is 6.94. The summed E-state index contributed by atoms with van der Waals surface area (Å²) in [6.07, 6.45) is 0. The number of methoxy groups -OCH3 is 1. The number of hydrogen-bond donors (Lipinski definition) is 1. The zero-order valence-electron chi connectivity index (χ0n) is 12.5. The Morgan fingerprint density at radius 2 is 2.08 bits per heavy atom. The molecule has 2 aromatic carbocycles. The Morgan fingerprint density at radius 3 is 2.83 bits per heavy atom. The van der Waals surface area contributed by atoms with Crippen LogP contribution in [0.4, 0.5) is 10.1 Å². The van der Waals surface area contributed by atoms with Gasteiger partial charge in [0.2, 0.25) is 0 Å². The monoisotopic (exact) mass is 346 g/mol. The number of benzene rings is 2. The molecule has 0 radical (unpaired) electrons. The summed E-state index contributed by atoms with van der Waals surface area (Å²) >= 11 is 5.68. The van der Waals surface area contributed by atoms with Crippen LogP contribution in [0.1, 0.15) is 10.5 Å².